The molecule has 3 aromatic rings. The van der Waals surface area contributed by atoms with Gasteiger partial charge in [-0.05, 0) is 18.6 Å². The molecule has 0 amide bonds. The number of aromatic nitrogens is 4. The third-order valence-electron chi connectivity index (χ3n) is 5.24. The van der Waals surface area contributed by atoms with Crippen LogP contribution in [0.25, 0.3) is 22.3 Å². The van der Waals surface area contributed by atoms with Crippen molar-refractivity contribution in [3.63, 3.8) is 0 Å². The van der Waals surface area contributed by atoms with Gasteiger partial charge in [0.1, 0.15) is 17.9 Å². The summed E-state index contributed by atoms with van der Waals surface area (Å²) in [4.78, 5) is 17.1. The SMILES string of the molecule is CCCCCCCCCCCCOc1ccc2nc3nc(C#N)c(C#N)nc3nc2c1. The van der Waals surface area contributed by atoms with Crippen LogP contribution >= 0.6 is 0 Å². The van der Waals surface area contributed by atoms with E-state index in [9.17, 15) is 0 Å². The number of hydrogen-bond donors (Lipinski definition) is 0. The van der Waals surface area contributed by atoms with Gasteiger partial charge >= 0.3 is 0 Å². The molecule has 3 rings (SSSR count). The molecule has 0 bridgehead atoms. The summed E-state index contributed by atoms with van der Waals surface area (Å²) in [5.74, 6) is 0.735. The van der Waals surface area contributed by atoms with Crippen LogP contribution in [0.1, 0.15) is 82.5 Å². The van der Waals surface area contributed by atoms with Crippen molar-refractivity contribution >= 4 is 22.3 Å². The Labute approximate surface area is 183 Å². The summed E-state index contributed by atoms with van der Waals surface area (Å²) in [5, 5.41) is 18.2. The molecule has 0 aliphatic heterocycles. The number of hydrogen-bond acceptors (Lipinski definition) is 7. The molecule has 0 atom stereocenters. The number of ether oxygens (including phenoxy) is 1. The standard InChI is InChI=1S/C24H28N6O/c1-2-3-4-5-6-7-8-9-10-11-14-31-18-12-13-19-20(15-18)28-24-23(27-19)29-21(16-25)22(17-26)30-24/h12-13,15H,2-11,14H2,1H3. The molecule has 0 saturated heterocycles. The van der Waals surface area contributed by atoms with Crippen LogP contribution in [0.4, 0.5) is 0 Å². The van der Waals surface area contributed by atoms with Gasteiger partial charge in [0.2, 0.25) is 0 Å². The molecule has 1 aromatic carbocycles. The van der Waals surface area contributed by atoms with Gasteiger partial charge < -0.3 is 4.74 Å². The highest BCUT2D eigenvalue weighted by Gasteiger charge is 2.11. The molecule has 0 saturated carbocycles. The summed E-state index contributed by atoms with van der Waals surface area (Å²) < 4.78 is 5.88. The molecule has 0 fully saturated rings. The van der Waals surface area contributed by atoms with Gasteiger partial charge in [-0.25, -0.2) is 19.9 Å². The van der Waals surface area contributed by atoms with Gasteiger partial charge in [0, 0.05) is 6.07 Å². The Morgan fingerprint density at radius 2 is 1.26 bits per heavy atom. The van der Waals surface area contributed by atoms with Crippen molar-refractivity contribution in [3.05, 3.63) is 29.6 Å². The van der Waals surface area contributed by atoms with Crippen molar-refractivity contribution in [2.75, 3.05) is 6.61 Å². The van der Waals surface area contributed by atoms with Crippen LogP contribution in [-0.2, 0) is 0 Å². The van der Waals surface area contributed by atoms with Gasteiger partial charge in [0.25, 0.3) is 0 Å². The van der Waals surface area contributed by atoms with Crippen molar-refractivity contribution in [1.29, 1.82) is 10.5 Å². The number of nitrogens with zero attached hydrogens (tertiary/aromatic N) is 6. The Kier molecular flexibility index (Phi) is 8.48. The first-order valence-electron chi connectivity index (χ1n) is 11.2. The molecule has 7 heteroatoms. The van der Waals surface area contributed by atoms with E-state index >= 15 is 0 Å². The molecule has 0 N–H and O–H groups in total. The largest absolute Gasteiger partial charge is 0.494 e. The van der Waals surface area contributed by atoms with Crippen LogP contribution in [0.5, 0.6) is 5.75 Å². The maximum Gasteiger partial charge on any atom is 0.199 e. The molecule has 0 aliphatic carbocycles. The number of benzene rings is 1. The zero-order valence-corrected chi connectivity index (χ0v) is 18.1. The lowest BCUT2D eigenvalue weighted by Gasteiger charge is -2.07. The van der Waals surface area contributed by atoms with E-state index in [1.807, 2.05) is 30.3 Å². The highest BCUT2D eigenvalue weighted by molar-refractivity contribution is 5.83. The molecule has 31 heavy (non-hydrogen) atoms. The Hall–Kier alpha value is -3.32. The number of rotatable bonds is 12. The maximum atomic E-state index is 9.13. The minimum absolute atomic E-state index is 0.0416. The molecule has 7 nitrogen and oxygen atoms in total. The van der Waals surface area contributed by atoms with E-state index in [-0.39, 0.29) is 22.7 Å². The van der Waals surface area contributed by atoms with Crippen LogP contribution in [0.15, 0.2) is 18.2 Å². The first-order valence-corrected chi connectivity index (χ1v) is 11.2. The van der Waals surface area contributed by atoms with Crippen molar-refractivity contribution in [2.45, 2.75) is 71.1 Å². The molecule has 0 spiro atoms. The van der Waals surface area contributed by atoms with Crippen LogP contribution in [-0.4, -0.2) is 26.5 Å². The third kappa shape index (κ3) is 6.33. The Morgan fingerprint density at radius 3 is 1.84 bits per heavy atom. The zero-order chi connectivity index (χ0) is 21.9. The molecule has 2 aromatic heterocycles. The second-order valence-corrected chi connectivity index (χ2v) is 7.70. The quantitative estimate of drug-likeness (QED) is 0.278. The minimum Gasteiger partial charge on any atom is -0.494 e. The van der Waals surface area contributed by atoms with Gasteiger partial charge in [0.05, 0.1) is 17.6 Å². The smallest absolute Gasteiger partial charge is 0.199 e. The maximum absolute atomic E-state index is 9.13. The average molecular weight is 417 g/mol. The number of unbranched alkanes of at least 4 members (excludes halogenated alkanes) is 9. The molecule has 0 radical (unpaired) electrons. The van der Waals surface area contributed by atoms with Gasteiger partial charge in [0.15, 0.2) is 22.7 Å². The van der Waals surface area contributed by atoms with E-state index < -0.39 is 0 Å². The predicted octanol–water partition coefficient (Wildman–Crippen LogP) is 5.62. The highest BCUT2D eigenvalue weighted by Crippen LogP contribution is 2.21. The van der Waals surface area contributed by atoms with E-state index in [2.05, 4.69) is 26.9 Å². The molecule has 2 heterocycles. The van der Waals surface area contributed by atoms with E-state index in [0.717, 1.165) is 12.2 Å². The summed E-state index contributed by atoms with van der Waals surface area (Å²) in [7, 11) is 0. The van der Waals surface area contributed by atoms with E-state index in [4.69, 9.17) is 15.3 Å². The highest BCUT2D eigenvalue weighted by atomic mass is 16.5. The second kappa shape index (κ2) is 11.8. The third-order valence-corrected chi connectivity index (χ3v) is 5.24. The van der Waals surface area contributed by atoms with E-state index in [1.54, 1.807) is 0 Å². The van der Waals surface area contributed by atoms with Crippen molar-refractivity contribution in [2.24, 2.45) is 0 Å². The average Bonchev–Trinajstić information content (AvgIpc) is 2.80. The lowest BCUT2D eigenvalue weighted by Crippen LogP contribution is -2.01. The summed E-state index contributed by atoms with van der Waals surface area (Å²) in [6.07, 6.45) is 12.9. The van der Waals surface area contributed by atoms with Crippen molar-refractivity contribution in [1.82, 2.24) is 19.9 Å². The van der Waals surface area contributed by atoms with Gasteiger partial charge in [-0.3, -0.25) is 0 Å². The summed E-state index contributed by atoms with van der Waals surface area (Å²) in [6.45, 7) is 2.93. The summed E-state index contributed by atoms with van der Waals surface area (Å²) in [6, 6.07) is 9.25. The summed E-state index contributed by atoms with van der Waals surface area (Å²) in [5.41, 5.74) is 1.67. The number of fused-ring (bicyclic) bond motifs is 2. The monoisotopic (exact) mass is 416 g/mol. The normalized spacial score (nSPS) is 10.8. The molecule has 0 aliphatic rings. The van der Waals surface area contributed by atoms with Crippen molar-refractivity contribution in [3.8, 4) is 17.9 Å². The van der Waals surface area contributed by atoms with Gasteiger partial charge in [-0.15, -0.1) is 0 Å². The van der Waals surface area contributed by atoms with Crippen LogP contribution in [0.3, 0.4) is 0 Å². The predicted molar refractivity (Wildman–Crippen MR) is 119 cm³/mol. The second-order valence-electron chi connectivity index (χ2n) is 7.70. The van der Waals surface area contributed by atoms with Crippen LogP contribution in [0, 0.1) is 22.7 Å². The minimum atomic E-state index is -0.0444. The first kappa shape index (κ1) is 22.4. The van der Waals surface area contributed by atoms with E-state index in [1.165, 1.54) is 57.8 Å². The zero-order valence-electron chi connectivity index (χ0n) is 18.1. The van der Waals surface area contributed by atoms with Crippen LogP contribution < -0.4 is 4.74 Å². The first-order chi connectivity index (χ1) is 15.2. The van der Waals surface area contributed by atoms with Crippen LogP contribution in [0.2, 0.25) is 0 Å². The van der Waals surface area contributed by atoms with Gasteiger partial charge in [-0.2, -0.15) is 10.5 Å². The number of nitriles is 2. The molecule has 0 unspecified atom stereocenters. The Bertz CT molecular complexity index is 1100. The Morgan fingerprint density at radius 1 is 0.710 bits per heavy atom. The topological polar surface area (TPSA) is 108 Å². The van der Waals surface area contributed by atoms with E-state index in [0.29, 0.717) is 17.6 Å². The lowest BCUT2D eigenvalue weighted by molar-refractivity contribution is 0.304. The van der Waals surface area contributed by atoms with Gasteiger partial charge in [-0.1, -0.05) is 64.7 Å². The lowest BCUT2D eigenvalue weighted by atomic mass is 10.1. The Balaban J connectivity index is 1.49. The van der Waals surface area contributed by atoms with Crippen molar-refractivity contribution < 1.29 is 4.74 Å². The molecular weight excluding hydrogens is 388 g/mol. The fourth-order valence-corrected chi connectivity index (χ4v) is 3.51. The molecular formula is C24H28N6O. The summed E-state index contributed by atoms with van der Waals surface area (Å²) >= 11 is 0. The molecule has 160 valence electrons. The fourth-order valence-electron chi connectivity index (χ4n) is 3.51. The fraction of sp³-hybridized carbons (Fsp3) is 0.500.